The number of benzene rings is 1. The summed E-state index contributed by atoms with van der Waals surface area (Å²) in [6.45, 7) is 6.31. The lowest BCUT2D eigenvalue weighted by atomic mass is 10.1. The van der Waals surface area contributed by atoms with Gasteiger partial charge in [-0.3, -0.25) is 5.41 Å². The van der Waals surface area contributed by atoms with Gasteiger partial charge in [0, 0.05) is 32.2 Å². The Hall–Kier alpha value is -1.33. The van der Waals surface area contributed by atoms with Crippen molar-refractivity contribution in [2.75, 3.05) is 32.7 Å². The number of nitrogens with one attached hydrogen (secondary N) is 1. The van der Waals surface area contributed by atoms with Crippen LogP contribution in [0.2, 0.25) is 5.02 Å². The van der Waals surface area contributed by atoms with Crippen molar-refractivity contribution in [3.8, 4) is 5.75 Å². The Morgan fingerprint density at radius 3 is 2.58 bits per heavy atom. The van der Waals surface area contributed by atoms with Gasteiger partial charge in [-0.25, -0.2) is 4.39 Å². The first-order valence-electron chi connectivity index (χ1n) is 6.27. The highest BCUT2D eigenvalue weighted by Gasteiger charge is 2.21. The largest absolute Gasteiger partial charge is 0.507 e. The van der Waals surface area contributed by atoms with Crippen LogP contribution in [-0.4, -0.2) is 53.5 Å². The Labute approximate surface area is 116 Å². The van der Waals surface area contributed by atoms with Gasteiger partial charge in [0.15, 0.2) is 0 Å². The third-order valence-electron chi connectivity index (χ3n) is 3.43. The van der Waals surface area contributed by atoms with E-state index in [2.05, 4.69) is 11.8 Å². The predicted octanol–water partition coefficient (Wildman–Crippen LogP) is 2.15. The average Bonchev–Trinajstić information content (AvgIpc) is 2.42. The molecule has 1 aliphatic heterocycles. The number of piperazine rings is 1. The van der Waals surface area contributed by atoms with Crippen LogP contribution in [0, 0.1) is 11.2 Å². The quantitative estimate of drug-likeness (QED) is 0.647. The Bertz CT molecular complexity index is 487. The summed E-state index contributed by atoms with van der Waals surface area (Å²) in [7, 11) is 0. The van der Waals surface area contributed by atoms with Gasteiger partial charge < -0.3 is 14.9 Å². The summed E-state index contributed by atoms with van der Waals surface area (Å²) in [6.07, 6.45) is 0. The number of aromatic hydroxyl groups is 1. The fourth-order valence-electron chi connectivity index (χ4n) is 2.18. The van der Waals surface area contributed by atoms with E-state index in [1.54, 1.807) is 0 Å². The predicted molar refractivity (Wildman–Crippen MR) is 73.6 cm³/mol. The van der Waals surface area contributed by atoms with E-state index in [0.717, 1.165) is 38.8 Å². The average molecular weight is 286 g/mol. The molecule has 104 valence electrons. The summed E-state index contributed by atoms with van der Waals surface area (Å²) >= 11 is 5.70. The van der Waals surface area contributed by atoms with Crippen LogP contribution < -0.4 is 0 Å². The summed E-state index contributed by atoms with van der Waals surface area (Å²) in [5.41, 5.74) is 0.274. The number of nitrogens with zero attached hydrogens (tertiary/aromatic N) is 2. The molecule has 4 nitrogen and oxygen atoms in total. The van der Waals surface area contributed by atoms with E-state index in [9.17, 15) is 9.50 Å². The molecule has 1 heterocycles. The monoisotopic (exact) mass is 285 g/mol. The summed E-state index contributed by atoms with van der Waals surface area (Å²) in [6, 6.07) is 2.26. The first kappa shape index (κ1) is 14.1. The molecule has 1 aromatic rings. The van der Waals surface area contributed by atoms with Gasteiger partial charge >= 0.3 is 0 Å². The molecular weight excluding hydrogens is 269 g/mol. The van der Waals surface area contributed by atoms with Crippen LogP contribution in [0.5, 0.6) is 5.75 Å². The SMILES string of the molecule is CCN1CCN(C(=N)c2cc(Cl)c(F)cc2O)CC1. The van der Waals surface area contributed by atoms with E-state index >= 15 is 0 Å². The summed E-state index contributed by atoms with van der Waals surface area (Å²) < 4.78 is 13.2. The van der Waals surface area contributed by atoms with Gasteiger partial charge in [0.25, 0.3) is 0 Å². The second kappa shape index (κ2) is 5.75. The number of phenolic OH excluding ortho intramolecular Hbond substituents is 1. The molecular formula is C13H17ClFN3O. The number of likely N-dealkylation sites (N-methyl/N-ethyl adjacent to an activating group) is 1. The van der Waals surface area contributed by atoms with Crippen LogP contribution in [-0.2, 0) is 0 Å². The standard InChI is InChI=1S/C13H17ClFN3O/c1-2-17-3-5-18(6-4-17)13(16)9-7-10(14)11(15)8-12(9)19/h7-8,16,19H,2-6H2,1H3. The topological polar surface area (TPSA) is 50.6 Å². The fraction of sp³-hybridized carbons (Fsp3) is 0.462. The van der Waals surface area contributed by atoms with E-state index in [1.807, 2.05) is 4.90 Å². The summed E-state index contributed by atoms with van der Waals surface area (Å²) in [5, 5.41) is 17.8. The van der Waals surface area contributed by atoms with Gasteiger partial charge in [-0.05, 0) is 12.6 Å². The number of halogens is 2. The lowest BCUT2D eigenvalue weighted by Gasteiger charge is -2.35. The molecule has 6 heteroatoms. The molecule has 19 heavy (non-hydrogen) atoms. The van der Waals surface area contributed by atoms with Crippen molar-refractivity contribution < 1.29 is 9.50 Å². The molecule has 0 radical (unpaired) electrons. The number of hydrogen-bond donors (Lipinski definition) is 2. The van der Waals surface area contributed by atoms with Gasteiger partial charge in [-0.15, -0.1) is 0 Å². The van der Waals surface area contributed by atoms with Crippen molar-refractivity contribution in [2.45, 2.75) is 6.92 Å². The van der Waals surface area contributed by atoms with Crippen LogP contribution in [0.3, 0.4) is 0 Å². The summed E-state index contributed by atoms with van der Waals surface area (Å²) in [5.74, 6) is -0.730. The third-order valence-corrected chi connectivity index (χ3v) is 3.72. The highest BCUT2D eigenvalue weighted by molar-refractivity contribution is 6.31. The van der Waals surface area contributed by atoms with Crippen molar-refractivity contribution in [1.82, 2.24) is 9.80 Å². The molecule has 0 bridgehead atoms. The van der Waals surface area contributed by atoms with Crippen molar-refractivity contribution in [3.63, 3.8) is 0 Å². The van der Waals surface area contributed by atoms with E-state index < -0.39 is 5.82 Å². The van der Waals surface area contributed by atoms with Gasteiger partial charge in [0.1, 0.15) is 17.4 Å². The zero-order valence-corrected chi connectivity index (χ0v) is 11.5. The van der Waals surface area contributed by atoms with Crippen molar-refractivity contribution >= 4 is 17.4 Å². The zero-order chi connectivity index (χ0) is 14.0. The second-order valence-electron chi connectivity index (χ2n) is 4.55. The summed E-state index contributed by atoms with van der Waals surface area (Å²) in [4.78, 5) is 4.16. The van der Waals surface area contributed by atoms with E-state index in [4.69, 9.17) is 17.0 Å². The minimum absolute atomic E-state index is 0.0789. The van der Waals surface area contributed by atoms with Gasteiger partial charge in [0.2, 0.25) is 0 Å². The van der Waals surface area contributed by atoms with Crippen molar-refractivity contribution in [2.24, 2.45) is 0 Å². The van der Waals surface area contributed by atoms with Crippen LogP contribution >= 0.6 is 11.6 Å². The smallest absolute Gasteiger partial charge is 0.145 e. The lowest BCUT2D eigenvalue weighted by Crippen LogP contribution is -2.48. The number of rotatable bonds is 2. The molecule has 0 aliphatic carbocycles. The Morgan fingerprint density at radius 1 is 1.37 bits per heavy atom. The van der Waals surface area contributed by atoms with Crippen molar-refractivity contribution in [3.05, 3.63) is 28.5 Å². The molecule has 2 N–H and O–H groups in total. The van der Waals surface area contributed by atoms with Gasteiger partial charge in [0.05, 0.1) is 10.6 Å². The van der Waals surface area contributed by atoms with E-state index in [-0.39, 0.29) is 22.2 Å². The van der Waals surface area contributed by atoms with Gasteiger partial charge in [-0.2, -0.15) is 0 Å². The third kappa shape index (κ3) is 2.98. The normalized spacial score (nSPS) is 16.7. The van der Waals surface area contributed by atoms with Crippen molar-refractivity contribution in [1.29, 1.82) is 5.41 Å². The molecule has 1 aromatic carbocycles. The zero-order valence-electron chi connectivity index (χ0n) is 10.8. The minimum Gasteiger partial charge on any atom is -0.507 e. The first-order valence-corrected chi connectivity index (χ1v) is 6.65. The minimum atomic E-state index is -0.675. The molecule has 1 fully saturated rings. The Balaban J connectivity index is 2.14. The number of hydrogen-bond acceptors (Lipinski definition) is 3. The molecule has 2 rings (SSSR count). The van der Waals surface area contributed by atoms with Crippen LogP contribution in [0.15, 0.2) is 12.1 Å². The Kier molecular flexibility index (Phi) is 4.27. The second-order valence-corrected chi connectivity index (χ2v) is 4.96. The highest BCUT2D eigenvalue weighted by atomic mass is 35.5. The molecule has 0 saturated carbocycles. The first-order chi connectivity index (χ1) is 9.02. The molecule has 0 atom stereocenters. The molecule has 0 spiro atoms. The molecule has 1 saturated heterocycles. The Morgan fingerprint density at radius 2 is 2.00 bits per heavy atom. The molecule has 0 amide bonds. The van der Waals surface area contributed by atoms with Crippen LogP contribution in [0.1, 0.15) is 12.5 Å². The molecule has 0 aromatic heterocycles. The molecule has 0 unspecified atom stereocenters. The van der Waals surface area contributed by atoms with Gasteiger partial charge in [-0.1, -0.05) is 18.5 Å². The molecule has 1 aliphatic rings. The number of phenols is 1. The maximum atomic E-state index is 13.2. The van der Waals surface area contributed by atoms with E-state index in [0.29, 0.717) is 0 Å². The lowest BCUT2D eigenvalue weighted by molar-refractivity contribution is 0.189. The number of amidine groups is 1. The fourth-order valence-corrected chi connectivity index (χ4v) is 2.35. The van der Waals surface area contributed by atoms with Crippen LogP contribution in [0.4, 0.5) is 4.39 Å². The maximum Gasteiger partial charge on any atom is 0.145 e. The maximum absolute atomic E-state index is 13.2. The highest BCUT2D eigenvalue weighted by Crippen LogP contribution is 2.26. The van der Waals surface area contributed by atoms with Crippen LogP contribution in [0.25, 0.3) is 0 Å². The van der Waals surface area contributed by atoms with E-state index in [1.165, 1.54) is 6.07 Å².